The summed E-state index contributed by atoms with van der Waals surface area (Å²) in [7, 11) is 4.02. The lowest BCUT2D eigenvalue weighted by Crippen LogP contribution is -2.47. The van der Waals surface area contributed by atoms with Gasteiger partial charge in [0, 0.05) is 44.0 Å². The van der Waals surface area contributed by atoms with Gasteiger partial charge in [0.25, 0.3) is 0 Å². The first-order chi connectivity index (χ1) is 15.5. The Morgan fingerprint density at radius 1 is 1.12 bits per heavy atom. The van der Waals surface area contributed by atoms with Crippen LogP contribution in [0, 0.1) is 5.92 Å². The van der Waals surface area contributed by atoms with Gasteiger partial charge in [-0.05, 0) is 56.7 Å². The first-order valence-electron chi connectivity index (χ1n) is 11.9. The zero-order valence-corrected chi connectivity index (χ0v) is 19.5. The average Bonchev–Trinajstić information content (AvgIpc) is 3.61. The van der Waals surface area contributed by atoms with Crippen LogP contribution in [0.15, 0.2) is 35.3 Å². The normalized spacial score (nSPS) is 21.3. The summed E-state index contributed by atoms with van der Waals surface area (Å²) in [6, 6.07) is 11.0. The smallest absolute Gasteiger partial charge is 0.223 e. The maximum absolute atomic E-state index is 12.5. The van der Waals surface area contributed by atoms with Gasteiger partial charge in [-0.3, -0.25) is 4.79 Å². The molecule has 2 aromatic rings. The summed E-state index contributed by atoms with van der Waals surface area (Å²) in [5.74, 6) is 2.09. The van der Waals surface area contributed by atoms with E-state index in [4.69, 9.17) is 9.98 Å². The molecule has 7 heteroatoms. The highest BCUT2D eigenvalue weighted by molar-refractivity contribution is 5.85. The molecule has 2 aliphatic carbocycles. The number of fused-ring (bicyclic) bond motifs is 1. The van der Waals surface area contributed by atoms with Gasteiger partial charge < -0.3 is 20.9 Å². The van der Waals surface area contributed by atoms with E-state index in [1.54, 1.807) is 0 Å². The van der Waals surface area contributed by atoms with Gasteiger partial charge in [-0.1, -0.05) is 24.6 Å². The van der Waals surface area contributed by atoms with Gasteiger partial charge in [0.2, 0.25) is 5.91 Å². The van der Waals surface area contributed by atoms with Crippen LogP contribution < -0.4 is 20.9 Å². The van der Waals surface area contributed by atoms with Crippen molar-refractivity contribution in [3.8, 4) is 0 Å². The number of benzene rings is 1. The molecule has 1 heterocycles. The number of carbonyl (C=O) groups excluding carboxylic acids is 1. The maximum atomic E-state index is 12.5. The number of pyridine rings is 1. The highest BCUT2D eigenvalue weighted by Gasteiger charge is 2.31. The topological polar surface area (TPSA) is 81.7 Å². The van der Waals surface area contributed by atoms with E-state index in [9.17, 15) is 4.79 Å². The number of amides is 1. The Bertz CT molecular complexity index is 968. The van der Waals surface area contributed by atoms with E-state index in [-0.39, 0.29) is 17.9 Å². The molecule has 1 aromatic heterocycles. The first-order valence-corrected chi connectivity index (χ1v) is 11.9. The second-order valence-electron chi connectivity index (χ2n) is 9.23. The number of hydrogen-bond donors (Lipinski definition) is 3. The number of aliphatic imine (C=N–C) groups is 1. The summed E-state index contributed by atoms with van der Waals surface area (Å²) < 4.78 is 0. The minimum absolute atomic E-state index is 0.108. The Morgan fingerprint density at radius 2 is 1.94 bits per heavy atom. The molecule has 0 radical (unpaired) electrons. The molecule has 0 aliphatic heterocycles. The fraction of sp³-hybridized carbons (Fsp3) is 0.560. The van der Waals surface area contributed by atoms with E-state index in [1.165, 1.54) is 0 Å². The van der Waals surface area contributed by atoms with Gasteiger partial charge in [0.05, 0.1) is 12.1 Å². The molecule has 0 spiro atoms. The predicted octanol–water partition coefficient (Wildman–Crippen LogP) is 3.19. The summed E-state index contributed by atoms with van der Waals surface area (Å²) in [6.07, 6.45) is 6.27. The molecule has 0 bridgehead atoms. The SMILES string of the molecule is CCNC(=NCc1cc(N(C)C)nc2ccccc12)NC1CCCC(C(=O)NC2CC2)C1. The lowest BCUT2D eigenvalue weighted by atomic mass is 9.85. The molecule has 4 rings (SSSR count). The molecule has 2 aliphatic rings. The molecule has 2 atom stereocenters. The Kier molecular flexibility index (Phi) is 7.12. The van der Waals surface area contributed by atoms with Gasteiger partial charge in [-0.25, -0.2) is 9.98 Å². The molecule has 2 fully saturated rings. The van der Waals surface area contributed by atoms with Crippen LogP contribution in [-0.2, 0) is 11.3 Å². The lowest BCUT2D eigenvalue weighted by Gasteiger charge is -2.30. The number of nitrogens with one attached hydrogen (secondary N) is 3. The van der Waals surface area contributed by atoms with Crippen LogP contribution in [0.1, 0.15) is 51.0 Å². The number of hydrogen-bond acceptors (Lipinski definition) is 4. The Labute approximate surface area is 191 Å². The van der Waals surface area contributed by atoms with Crippen LogP contribution in [0.25, 0.3) is 10.9 Å². The number of aromatic nitrogens is 1. The van der Waals surface area contributed by atoms with Crippen molar-refractivity contribution in [2.24, 2.45) is 10.9 Å². The number of guanidine groups is 1. The van der Waals surface area contributed by atoms with Crippen molar-refractivity contribution in [3.05, 3.63) is 35.9 Å². The minimum atomic E-state index is 0.108. The first kappa shape index (κ1) is 22.4. The zero-order chi connectivity index (χ0) is 22.5. The van der Waals surface area contributed by atoms with Crippen molar-refractivity contribution < 1.29 is 4.79 Å². The van der Waals surface area contributed by atoms with Crippen LogP contribution in [0.4, 0.5) is 5.82 Å². The molecule has 1 aromatic carbocycles. The summed E-state index contributed by atoms with van der Waals surface area (Å²) in [5.41, 5.74) is 2.14. The van der Waals surface area contributed by atoms with Gasteiger partial charge in [-0.15, -0.1) is 0 Å². The second-order valence-corrected chi connectivity index (χ2v) is 9.23. The van der Waals surface area contributed by atoms with Crippen LogP contribution in [0.3, 0.4) is 0 Å². The van der Waals surface area contributed by atoms with Crippen molar-refractivity contribution >= 4 is 28.6 Å². The fourth-order valence-electron chi connectivity index (χ4n) is 4.38. The van der Waals surface area contributed by atoms with Crippen LogP contribution in [0.2, 0.25) is 0 Å². The molecule has 2 saturated carbocycles. The third-order valence-corrected chi connectivity index (χ3v) is 6.31. The molecular weight excluding hydrogens is 400 g/mol. The number of carbonyl (C=O) groups is 1. The summed E-state index contributed by atoms with van der Waals surface area (Å²) in [6.45, 7) is 3.44. The number of nitrogens with zero attached hydrogens (tertiary/aromatic N) is 3. The predicted molar refractivity (Wildman–Crippen MR) is 131 cm³/mol. The Morgan fingerprint density at radius 3 is 2.69 bits per heavy atom. The van der Waals surface area contributed by atoms with E-state index in [1.807, 2.05) is 37.2 Å². The van der Waals surface area contributed by atoms with E-state index in [0.29, 0.717) is 12.6 Å². The van der Waals surface area contributed by atoms with E-state index in [0.717, 1.165) is 73.3 Å². The lowest BCUT2D eigenvalue weighted by molar-refractivity contribution is -0.126. The van der Waals surface area contributed by atoms with Crippen molar-refractivity contribution in [1.29, 1.82) is 0 Å². The average molecular weight is 437 g/mol. The summed E-state index contributed by atoms with van der Waals surface area (Å²) in [5, 5.41) is 11.3. The molecule has 3 N–H and O–H groups in total. The largest absolute Gasteiger partial charge is 0.363 e. The van der Waals surface area contributed by atoms with Crippen LogP contribution in [0.5, 0.6) is 0 Å². The summed E-state index contributed by atoms with van der Waals surface area (Å²) >= 11 is 0. The molecule has 7 nitrogen and oxygen atoms in total. The molecular formula is C25H36N6O. The van der Waals surface area contributed by atoms with Crippen molar-refractivity contribution in [2.45, 2.75) is 64.1 Å². The van der Waals surface area contributed by atoms with Gasteiger partial charge in [0.1, 0.15) is 5.82 Å². The molecule has 1 amide bonds. The van der Waals surface area contributed by atoms with Crippen molar-refractivity contribution in [2.75, 3.05) is 25.5 Å². The maximum Gasteiger partial charge on any atom is 0.223 e. The third kappa shape index (κ3) is 5.69. The van der Waals surface area contributed by atoms with Crippen molar-refractivity contribution in [3.63, 3.8) is 0 Å². The summed E-state index contributed by atoms with van der Waals surface area (Å²) in [4.78, 5) is 24.2. The van der Waals surface area contributed by atoms with Gasteiger partial charge in [0.15, 0.2) is 5.96 Å². The fourth-order valence-corrected chi connectivity index (χ4v) is 4.38. The van der Waals surface area contributed by atoms with E-state index in [2.05, 4.69) is 35.0 Å². The van der Waals surface area contributed by atoms with Crippen molar-refractivity contribution in [1.82, 2.24) is 20.9 Å². The molecule has 172 valence electrons. The van der Waals surface area contributed by atoms with E-state index >= 15 is 0 Å². The number of para-hydroxylation sites is 1. The number of anilines is 1. The van der Waals surface area contributed by atoms with Gasteiger partial charge >= 0.3 is 0 Å². The Balaban J connectivity index is 1.47. The molecule has 2 unspecified atom stereocenters. The second kappa shape index (κ2) is 10.2. The molecule has 0 saturated heterocycles. The highest BCUT2D eigenvalue weighted by Crippen LogP contribution is 2.27. The standard InChI is InChI=1S/C25H36N6O/c1-4-26-25(29-20-9-7-8-17(14-20)24(32)28-19-12-13-19)27-16-18-15-23(31(2)3)30-22-11-6-5-10-21(18)22/h5-6,10-11,15,17,19-20H,4,7-9,12-14,16H2,1-3H3,(H,28,32)(H2,26,27,29). The minimum Gasteiger partial charge on any atom is -0.363 e. The highest BCUT2D eigenvalue weighted by atomic mass is 16.2. The van der Waals surface area contributed by atoms with E-state index < -0.39 is 0 Å². The Hall–Kier alpha value is -2.83. The quantitative estimate of drug-likeness (QED) is 0.459. The van der Waals surface area contributed by atoms with Crippen LogP contribution in [-0.4, -0.2) is 49.6 Å². The number of rotatable bonds is 7. The third-order valence-electron chi connectivity index (χ3n) is 6.31. The van der Waals surface area contributed by atoms with Crippen LogP contribution >= 0.6 is 0 Å². The zero-order valence-electron chi connectivity index (χ0n) is 19.5. The van der Waals surface area contributed by atoms with Gasteiger partial charge in [-0.2, -0.15) is 0 Å². The molecule has 32 heavy (non-hydrogen) atoms. The monoisotopic (exact) mass is 436 g/mol.